The molecule has 0 spiro atoms. The maximum Gasteiger partial charge on any atom is 2.00 e. The van der Waals surface area contributed by atoms with Gasteiger partial charge in [0.05, 0.1) is 5.84 Å². The van der Waals surface area contributed by atoms with Crippen LogP contribution in [0.3, 0.4) is 0 Å². The summed E-state index contributed by atoms with van der Waals surface area (Å²) in [6.07, 6.45) is 0. The molecule has 0 aliphatic carbocycles. The Labute approximate surface area is 115 Å². The largest absolute Gasteiger partial charge is 2.00 e. The molecule has 0 atom stereocenters. The molecule has 0 fully saturated rings. The van der Waals surface area contributed by atoms with Crippen molar-refractivity contribution in [2.24, 2.45) is 5.73 Å². The second-order valence-electron chi connectivity index (χ2n) is 2.37. The number of carboxylic acids is 2. The zero-order chi connectivity index (χ0) is 13.9. The molecule has 0 aromatic rings. The van der Waals surface area contributed by atoms with E-state index < -0.39 is 23.5 Å². The van der Waals surface area contributed by atoms with E-state index in [9.17, 15) is 29.4 Å². The fourth-order valence-corrected chi connectivity index (χ4v) is 0. The Morgan fingerprint density at radius 3 is 0.941 bits per heavy atom. The van der Waals surface area contributed by atoms with Crippen LogP contribution in [0, 0.1) is 5.41 Å². The third kappa shape index (κ3) is 53.4. The average molecular weight is 351 g/mol. The minimum Gasteiger partial charge on any atom is -0.542 e. The van der Waals surface area contributed by atoms with Crippen LogP contribution in [0.4, 0.5) is 0 Å². The number of nitrogens with one attached hydrogen (secondary N) is 1. The molecule has 9 heteroatoms. The SMILES string of the molecule is CC(=N)N.CC(=O)C(=O)[O-].CC(=O)C(=O)[O-].[Sn+2]. The summed E-state index contributed by atoms with van der Waals surface area (Å²) >= 11 is 0. The van der Waals surface area contributed by atoms with Crippen LogP contribution in [0.1, 0.15) is 20.8 Å². The van der Waals surface area contributed by atoms with Crippen molar-refractivity contribution >= 4 is 53.2 Å². The second kappa shape index (κ2) is 14.5. The van der Waals surface area contributed by atoms with E-state index in [0.29, 0.717) is 0 Å². The second-order valence-corrected chi connectivity index (χ2v) is 2.37. The number of nitrogens with two attached hydrogens (primary N) is 1. The molecule has 0 rings (SSSR count). The summed E-state index contributed by atoms with van der Waals surface area (Å²) in [5, 5.41) is 24.8. The zero-order valence-corrected chi connectivity index (χ0v) is 12.4. The quantitative estimate of drug-likeness (QED) is 0.223. The summed E-state index contributed by atoms with van der Waals surface area (Å²) < 4.78 is 0. The van der Waals surface area contributed by atoms with E-state index in [2.05, 4.69) is 0 Å². The van der Waals surface area contributed by atoms with Gasteiger partial charge in [0.2, 0.25) is 0 Å². The van der Waals surface area contributed by atoms with Crippen molar-refractivity contribution in [3.63, 3.8) is 0 Å². The molecule has 3 N–H and O–H groups in total. The summed E-state index contributed by atoms with van der Waals surface area (Å²) in [6.45, 7) is 3.41. The number of hydrogen-bond acceptors (Lipinski definition) is 7. The van der Waals surface area contributed by atoms with Gasteiger partial charge in [0.1, 0.15) is 11.9 Å². The van der Waals surface area contributed by atoms with E-state index in [0.717, 1.165) is 13.8 Å². The predicted octanol–water partition coefficient (Wildman–Crippen LogP) is -3.79. The van der Waals surface area contributed by atoms with Crippen LogP contribution in [-0.4, -0.2) is 53.2 Å². The van der Waals surface area contributed by atoms with E-state index in [1.165, 1.54) is 6.92 Å². The molecule has 0 saturated carbocycles. The number of Topliss-reactive ketones (excluding diaryl/α,β-unsaturated/α-hetero) is 2. The molecule has 0 aliphatic heterocycles. The number of rotatable bonds is 2. The number of carbonyl (C=O) groups is 4. The molecule has 0 heterocycles. The predicted molar refractivity (Wildman–Crippen MR) is 54.7 cm³/mol. The molecule has 0 aliphatic rings. The van der Waals surface area contributed by atoms with Gasteiger partial charge < -0.3 is 25.5 Å². The van der Waals surface area contributed by atoms with Crippen molar-refractivity contribution in [2.75, 3.05) is 0 Å². The van der Waals surface area contributed by atoms with Gasteiger partial charge in [-0.05, 0) is 6.92 Å². The van der Waals surface area contributed by atoms with Gasteiger partial charge >= 0.3 is 23.9 Å². The zero-order valence-electron chi connectivity index (χ0n) is 9.53. The van der Waals surface area contributed by atoms with E-state index >= 15 is 0 Å². The Morgan fingerprint density at radius 2 is 0.941 bits per heavy atom. The average Bonchev–Trinajstić information content (AvgIpc) is 2.03. The summed E-state index contributed by atoms with van der Waals surface area (Å²) in [7, 11) is 0. The van der Waals surface area contributed by atoms with Gasteiger partial charge in [-0.25, -0.2) is 0 Å². The van der Waals surface area contributed by atoms with Gasteiger partial charge in [-0.3, -0.25) is 15.0 Å². The first kappa shape index (κ1) is 24.7. The van der Waals surface area contributed by atoms with Crippen molar-refractivity contribution in [1.29, 1.82) is 5.41 Å². The van der Waals surface area contributed by atoms with Crippen molar-refractivity contribution in [2.45, 2.75) is 20.8 Å². The van der Waals surface area contributed by atoms with Crippen LogP contribution in [0.5, 0.6) is 0 Å². The molecule has 8 nitrogen and oxygen atoms in total. The maximum atomic E-state index is 9.48. The Kier molecular flexibility index (Phi) is 21.1. The molecule has 0 bridgehead atoms. The first-order valence-electron chi connectivity index (χ1n) is 3.76. The number of carbonyl (C=O) groups excluding carboxylic acids is 4. The Bertz CT molecular complexity index is 250. The topological polar surface area (TPSA) is 164 Å². The first-order valence-corrected chi connectivity index (χ1v) is 3.76. The number of ketones is 2. The molecule has 0 aromatic heterocycles. The number of aliphatic carboxylic acids is 2. The number of hydrogen-bond donors (Lipinski definition) is 2. The Morgan fingerprint density at radius 1 is 0.882 bits per heavy atom. The third-order valence-electron chi connectivity index (χ3n) is 0.575. The molecule has 17 heavy (non-hydrogen) atoms. The van der Waals surface area contributed by atoms with Crippen LogP contribution in [0.15, 0.2) is 0 Å². The van der Waals surface area contributed by atoms with Crippen molar-refractivity contribution in [3.05, 3.63) is 0 Å². The monoisotopic (exact) mass is 352 g/mol. The summed E-state index contributed by atoms with van der Waals surface area (Å²) in [5.74, 6) is -4.96. The van der Waals surface area contributed by atoms with Gasteiger partial charge in [-0.2, -0.15) is 0 Å². The summed E-state index contributed by atoms with van der Waals surface area (Å²) in [5.41, 5.74) is 4.69. The summed E-state index contributed by atoms with van der Waals surface area (Å²) in [6, 6.07) is 0. The van der Waals surface area contributed by atoms with Crippen LogP contribution < -0.4 is 15.9 Å². The minimum absolute atomic E-state index is 0. The van der Waals surface area contributed by atoms with Crippen molar-refractivity contribution < 1.29 is 29.4 Å². The number of amidine groups is 1. The molecule has 0 unspecified atom stereocenters. The third-order valence-corrected chi connectivity index (χ3v) is 0.575. The van der Waals surface area contributed by atoms with Gasteiger partial charge in [-0.15, -0.1) is 0 Å². The van der Waals surface area contributed by atoms with Crippen LogP contribution in [-0.2, 0) is 19.2 Å². The standard InChI is InChI=1S/2C3H4O3.C2H6N2.Sn/c2*1-2(4)3(5)6;1-2(3)4;/h2*1H3,(H,5,6);1H3,(H3,3,4);/q;;;+2/p-2. The molecule has 0 amide bonds. The van der Waals surface area contributed by atoms with Gasteiger partial charge in [0.15, 0.2) is 11.6 Å². The molecular weight excluding hydrogens is 339 g/mol. The van der Waals surface area contributed by atoms with E-state index in [1.54, 1.807) is 0 Å². The van der Waals surface area contributed by atoms with Gasteiger partial charge in [-0.1, -0.05) is 0 Å². The van der Waals surface area contributed by atoms with Gasteiger partial charge in [0, 0.05) is 13.8 Å². The fourth-order valence-electron chi connectivity index (χ4n) is 0. The number of carboxylic acid groups (broad SMARTS) is 2. The molecule has 0 aromatic carbocycles. The van der Waals surface area contributed by atoms with E-state index in [-0.39, 0.29) is 29.7 Å². The van der Waals surface area contributed by atoms with Crippen molar-refractivity contribution in [3.8, 4) is 0 Å². The minimum atomic E-state index is -1.63. The Balaban J connectivity index is -0.0000000741. The smallest absolute Gasteiger partial charge is 0.542 e. The first-order chi connectivity index (χ1) is 7.02. The van der Waals surface area contributed by atoms with E-state index in [1.807, 2.05) is 0 Å². The normalized spacial score (nSPS) is 6.76. The maximum absolute atomic E-state index is 9.48. The van der Waals surface area contributed by atoms with Gasteiger partial charge in [0.25, 0.3) is 0 Å². The van der Waals surface area contributed by atoms with Crippen LogP contribution in [0.2, 0.25) is 0 Å². The molecular formula is C8H12N2O6Sn. The van der Waals surface area contributed by atoms with Crippen LogP contribution >= 0.6 is 0 Å². The van der Waals surface area contributed by atoms with Crippen molar-refractivity contribution in [1.82, 2.24) is 0 Å². The Hall–Kier alpha value is -1.45. The van der Waals surface area contributed by atoms with E-state index in [4.69, 9.17) is 11.1 Å². The molecule has 94 valence electrons. The summed E-state index contributed by atoms with van der Waals surface area (Å²) in [4.78, 5) is 37.4. The fraction of sp³-hybridized carbons (Fsp3) is 0.375. The molecule has 0 saturated heterocycles. The molecule has 2 radical (unpaired) electrons. The van der Waals surface area contributed by atoms with Crippen LogP contribution in [0.25, 0.3) is 0 Å².